The van der Waals surface area contributed by atoms with Crippen molar-refractivity contribution in [1.82, 2.24) is 0 Å². The molecular formula is C17H29NO2Si. The van der Waals surface area contributed by atoms with Crippen molar-refractivity contribution in [2.45, 2.75) is 48.1 Å². The molecule has 1 rings (SSSR count). The Morgan fingerprint density at radius 3 is 2.14 bits per heavy atom. The summed E-state index contributed by atoms with van der Waals surface area (Å²) in [7, 11) is 0.522. The van der Waals surface area contributed by atoms with Crippen LogP contribution < -0.4 is 0 Å². The zero-order valence-electron chi connectivity index (χ0n) is 14.4. The molecule has 21 heavy (non-hydrogen) atoms. The molecule has 0 aliphatic rings. The van der Waals surface area contributed by atoms with Crippen molar-refractivity contribution in [1.29, 1.82) is 0 Å². The predicted octanol–water partition coefficient (Wildman–Crippen LogP) is 3.10. The molecule has 4 heteroatoms. The molecule has 1 aromatic rings. The SMILES string of the molecule is C[C@H](C(C)(C)C)C(C)(C)C(O[SiH3])=[N+]([O-])Cc1ccccc1. The van der Waals surface area contributed by atoms with E-state index in [4.69, 9.17) is 4.43 Å². The Labute approximate surface area is 132 Å². The van der Waals surface area contributed by atoms with E-state index in [2.05, 4.69) is 41.5 Å². The first kappa shape index (κ1) is 17.8. The quantitative estimate of drug-likeness (QED) is 0.214. The lowest BCUT2D eigenvalue weighted by molar-refractivity contribution is -0.487. The molecule has 0 saturated carbocycles. The summed E-state index contributed by atoms with van der Waals surface area (Å²) in [5.41, 5.74) is 0.821. The molecule has 0 unspecified atom stereocenters. The van der Waals surface area contributed by atoms with Crippen molar-refractivity contribution in [2.24, 2.45) is 16.7 Å². The Hall–Kier alpha value is -1.29. The highest BCUT2D eigenvalue weighted by atomic mass is 28.2. The standard InChI is InChI=1S/C17H29NO2Si/c1-13(16(2,3)4)17(5,6)15(20-21)18(19)12-14-10-8-7-9-11-14/h7-11,13H,12H2,1-6,21H3/t13-/m1/s1. The molecule has 1 atom stereocenters. The lowest BCUT2D eigenvalue weighted by atomic mass is 9.66. The van der Waals surface area contributed by atoms with Gasteiger partial charge in [-0.15, -0.1) is 0 Å². The van der Waals surface area contributed by atoms with Crippen molar-refractivity contribution >= 4 is 16.4 Å². The lowest BCUT2D eigenvalue weighted by Crippen LogP contribution is -2.43. The van der Waals surface area contributed by atoms with Gasteiger partial charge in [0.25, 0.3) is 0 Å². The monoisotopic (exact) mass is 307 g/mol. The van der Waals surface area contributed by atoms with E-state index >= 15 is 0 Å². The van der Waals surface area contributed by atoms with Crippen molar-refractivity contribution in [3.05, 3.63) is 41.1 Å². The molecule has 0 amide bonds. The van der Waals surface area contributed by atoms with Crippen molar-refractivity contribution in [3.8, 4) is 0 Å². The highest BCUT2D eigenvalue weighted by Crippen LogP contribution is 2.40. The van der Waals surface area contributed by atoms with Crippen LogP contribution in [-0.4, -0.2) is 21.1 Å². The van der Waals surface area contributed by atoms with Gasteiger partial charge in [0.05, 0.1) is 5.41 Å². The van der Waals surface area contributed by atoms with Crippen LogP contribution in [0.3, 0.4) is 0 Å². The fourth-order valence-corrected chi connectivity index (χ4v) is 3.50. The average Bonchev–Trinajstić information content (AvgIpc) is 2.38. The van der Waals surface area contributed by atoms with E-state index in [1.165, 1.54) is 0 Å². The number of nitrogens with zero attached hydrogens (tertiary/aromatic N) is 1. The molecular weight excluding hydrogens is 278 g/mol. The van der Waals surface area contributed by atoms with Gasteiger partial charge in [-0.3, -0.25) is 0 Å². The van der Waals surface area contributed by atoms with Crippen LogP contribution in [0.15, 0.2) is 30.3 Å². The van der Waals surface area contributed by atoms with Crippen molar-refractivity contribution < 1.29 is 9.16 Å². The Morgan fingerprint density at radius 1 is 1.19 bits per heavy atom. The highest BCUT2D eigenvalue weighted by Gasteiger charge is 2.43. The lowest BCUT2D eigenvalue weighted by Gasteiger charge is -2.39. The minimum Gasteiger partial charge on any atom is -0.621 e. The summed E-state index contributed by atoms with van der Waals surface area (Å²) in [4.78, 5) is 0. The maximum atomic E-state index is 12.6. The van der Waals surface area contributed by atoms with Gasteiger partial charge < -0.3 is 9.63 Å². The molecule has 0 aromatic heterocycles. The van der Waals surface area contributed by atoms with Crippen LogP contribution in [0.1, 0.15) is 47.1 Å². The summed E-state index contributed by atoms with van der Waals surface area (Å²) in [6, 6.07) is 9.80. The Morgan fingerprint density at radius 2 is 1.71 bits per heavy atom. The molecule has 0 bridgehead atoms. The highest BCUT2D eigenvalue weighted by molar-refractivity contribution is 6.06. The molecule has 0 spiro atoms. The number of hydroxylamine groups is 1. The molecule has 0 fully saturated rings. The second-order valence-electron chi connectivity index (χ2n) is 7.34. The minimum absolute atomic E-state index is 0.114. The van der Waals surface area contributed by atoms with Gasteiger partial charge in [0.2, 0.25) is 10.5 Å². The summed E-state index contributed by atoms with van der Waals surface area (Å²) in [5.74, 6) is 0.876. The molecule has 0 saturated heterocycles. The van der Waals surface area contributed by atoms with E-state index in [9.17, 15) is 5.21 Å². The summed E-state index contributed by atoms with van der Waals surface area (Å²) in [6.07, 6.45) is 0. The van der Waals surface area contributed by atoms with Gasteiger partial charge in [-0.25, -0.2) is 0 Å². The molecule has 0 N–H and O–H groups in total. The first-order valence-corrected chi connectivity index (χ1v) is 8.32. The number of hydrogen-bond donors (Lipinski definition) is 0. The fraction of sp³-hybridized carbons (Fsp3) is 0.588. The molecule has 0 aliphatic carbocycles. The minimum atomic E-state index is -0.295. The molecule has 0 heterocycles. The second kappa shape index (κ2) is 6.65. The largest absolute Gasteiger partial charge is 0.621 e. The molecule has 3 nitrogen and oxygen atoms in total. The number of hydrogen-bond acceptors (Lipinski definition) is 2. The van der Waals surface area contributed by atoms with E-state index in [1.807, 2.05) is 30.3 Å². The second-order valence-corrected chi connectivity index (χ2v) is 7.75. The average molecular weight is 308 g/mol. The van der Waals surface area contributed by atoms with E-state index in [1.54, 1.807) is 0 Å². The zero-order chi connectivity index (χ0) is 16.3. The van der Waals surface area contributed by atoms with Crippen LogP contribution in [0, 0.1) is 22.0 Å². The molecule has 118 valence electrons. The third-order valence-corrected chi connectivity index (χ3v) is 4.91. The Balaban J connectivity index is 3.12. The van der Waals surface area contributed by atoms with Gasteiger partial charge in [0, 0.05) is 5.56 Å². The maximum absolute atomic E-state index is 12.6. The third kappa shape index (κ3) is 4.33. The first-order valence-electron chi connectivity index (χ1n) is 7.50. The van der Waals surface area contributed by atoms with E-state index in [0.717, 1.165) is 10.3 Å². The van der Waals surface area contributed by atoms with Gasteiger partial charge in [-0.1, -0.05) is 58.0 Å². The van der Waals surface area contributed by atoms with E-state index in [0.29, 0.717) is 28.8 Å². The van der Waals surface area contributed by atoms with Gasteiger partial charge in [-0.05, 0) is 25.2 Å². The topological polar surface area (TPSA) is 35.3 Å². The van der Waals surface area contributed by atoms with Gasteiger partial charge in [0.15, 0.2) is 6.54 Å². The molecule has 0 radical (unpaired) electrons. The van der Waals surface area contributed by atoms with Gasteiger partial charge in [0.1, 0.15) is 0 Å². The van der Waals surface area contributed by atoms with Crippen LogP contribution in [0.25, 0.3) is 0 Å². The molecule has 1 aromatic carbocycles. The Bertz CT molecular complexity index is 489. The predicted molar refractivity (Wildman–Crippen MR) is 92.2 cm³/mol. The van der Waals surface area contributed by atoms with Crippen molar-refractivity contribution in [3.63, 3.8) is 0 Å². The fourth-order valence-electron chi connectivity index (χ4n) is 2.78. The summed E-state index contributed by atoms with van der Waals surface area (Å²) in [6.45, 7) is 13.3. The summed E-state index contributed by atoms with van der Waals surface area (Å²) >= 11 is 0. The van der Waals surface area contributed by atoms with E-state index in [-0.39, 0.29) is 10.8 Å². The Kier molecular flexibility index (Phi) is 5.62. The van der Waals surface area contributed by atoms with Crippen LogP contribution in [0.2, 0.25) is 0 Å². The van der Waals surface area contributed by atoms with Crippen LogP contribution in [0.5, 0.6) is 0 Å². The smallest absolute Gasteiger partial charge is 0.339 e. The summed E-state index contributed by atoms with van der Waals surface area (Å²) in [5, 5.41) is 12.6. The molecule has 0 aliphatic heterocycles. The van der Waals surface area contributed by atoms with Crippen LogP contribution in [-0.2, 0) is 11.0 Å². The summed E-state index contributed by atoms with van der Waals surface area (Å²) < 4.78 is 6.65. The number of rotatable bonds is 4. The van der Waals surface area contributed by atoms with Gasteiger partial charge in [-0.2, -0.15) is 4.74 Å². The van der Waals surface area contributed by atoms with Gasteiger partial charge >= 0.3 is 5.90 Å². The van der Waals surface area contributed by atoms with Crippen molar-refractivity contribution in [2.75, 3.05) is 0 Å². The van der Waals surface area contributed by atoms with Crippen LogP contribution >= 0.6 is 0 Å². The third-order valence-electron chi connectivity index (χ3n) is 4.52. The normalized spacial score (nSPS) is 15.5. The van der Waals surface area contributed by atoms with Crippen LogP contribution in [0.4, 0.5) is 0 Å². The first-order chi connectivity index (χ1) is 9.60. The van der Waals surface area contributed by atoms with E-state index < -0.39 is 0 Å². The maximum Gasteiger partial charge on any atom is 0.339 e. The zero-order valence-corrected chi connectivity index (χ0v) is 16.4. The number of benzene rings is 1.